The van der Waals surface area contributed by atoms with Gasteiger partial charge in [-0.25, -0.2) is 0 Å². The molecule has 2 aromatic rings. The third-order valence-electron chi connectivity index (χ3n) is 5.31. The number of hydrogen-bond acceptors (Lipinski definition) is 3. The molecule has 1 fully saturated rings. The van der Waals surface area contributed by atoms with E-state index in [1.165, 1.54) is 19.3 Å². The molecule has 0 radical (unpaired) electrons. The Morgan fingerprint density at radius 2 is 1.89 bits per heavy atom. The summed E-state index contributed by atoms with van der Waals surface area (Å²) < 4.78 is 5.91. The van der Waals surface area contributed by atoms with Crippen LogP contribution in [0.5, 0.6) is 11.5 Å². The zero-order valence-electron chi connectivity index (χ0n) is 15.5. The molecular formula is C22H24N2O3. The van der Waals surface area contributed by atoms with Crippen molar-refractivity contribution in [1.29, 1.82) is 0 Å². The van der Waals surface area contributed by atoms with Crippen LogP contribution >= 0.6 is 0 Å². The highest BCUT2D eigenvalue weighted by molar-refractivity contribution is 6.09. The minimum absolute atomic E-state index is 0.00992. The van der Waals surface area contributed by atoms with E-state index in [9.17, 15) is 9.59 Å². The summed E-state index contributed by atoms with van der Waals surface area (Å²) in [6, 6.07) is 10.9. The lowest BCUT2D eigenvalue weighted by Crippen LogP contribution is -2.18. The lowest BCUT2D eigenvalue weighted by molar-refractivity contribution is -0.117. The van der Waals surface area contributed by atoms with Crippen molar-refractivity contribution in [1.82, 2.24) is 0 Å². The van der Waals surface area contributed by atoms with Crippen LogP contribution in [-0.2, 0) is 4.79 Å². The fourth-order valence-corrected chi connectivity index (χ4v) is 3.88. The number of anilines is 2. The Labute approximate surface area is 159 Å². The molecule has 2 amide bonds. The zero-order valence-corrected chi connectivity index (χ0v) is 15.5. The Morgan fingerprint density at radius 3 is 2.70 bits per heavy atom. The molecule has 1 saturated carbocycles. The van der Waals surface area contributed by atoms with E-state index in [-0.39, 0.29) is 11.8 Å². The largest absolute Gasteiger partial charge is 0.454 e. The Morgan fingerprint density at radius 1 is 1.11 bits per heavy atom. The number of nitrogens with one attached hydrogen (secondary N) is 2. The van der Waals surface area contributed by atoms with Gasteiger partial charge in [-0.15, -0.1) is 0 Å². The van der Waals surface area contributed by atoms with Crippen LogP contribution < -0.4 is 15.4 Å². The Balaban J connectivity index is 1.50. The Bertz CT molecular complexity index is 885. The molecule has 2 aromatic carbocycles. The molecule has 5 heteroatoms. The first kappa shape index (κ1) is 17.6. The van der Waals surface area contributed by atoms with Crippen molar-refractivity contribution in [3.05, 3.63) is 47.5 Å². The second-order valence-corrected chi connectivity index (χ2v) is 7.52. The number of benzene rings is 2. The molecule has 0 atom stereocenters. The van der Waals surface area contributed by atoms with Gasteiger partial charge in [0.1, 0.15) is 5.75 Å². The summed E-state index contributed by atoms with van der Waals surface area (Å²) in [6.45, 7) is 1.96. The van der Waals surface area contributed by atoms with Gasteiger partial charge in [0, 0.05) is 12.1 Å². The topological polar surface area (TPSA) is 67.4 Å². The smallest absolute Gasteiger partial charge is 0.259 e. The minimum Gasteiger partial charge on any atom is -0.454 e. The van der Waals surface area contributed by atoms with Crippen LogP contribution in [0.25, 0.3) is 0 Å². The van der Waals surface area contributed by atoms with Crippen molar-refractivity contribution in [2.45, 2.75) is 45.4 Å². The molecule has 140 valence electrons. The molecule has 0 saturated heterocycles. The quantitative estimate of drug-likeness (QED) is 0.780. The summed E-state index contributed by atoms with van der Waals surface area (Å²) in [7, 11) is 0. The van der Waals surface area contributed by atoms with Crippen molar-refractivity contribution in [2.24, 2.45) is 5.92 Å². The van der Waals surface area contributed by atoms with E-state index < -0.39 is 0 Å². The van der Waals surface area contributed by atoms with E-state index in [0.717, 1.165) is 18.4 Å². The maximum Gasteiger partial charge on any atom is 0.259 e. The summed E-state index contributed by atoms with van der Waals surface area (Å²) in [5.74, 6) is 1.35. The molecule has 0 aromatic heterocycles. The molecule has 0 spiro atoms. The van der Waals surface area contributed by atoms with E-state index in [1.807, 2.05) is 25.1 Å². The zero-order chi connectivity index (χ0) is 18.8. The normalized spacial score (nSPS) is 16.4. The molecule has 0 unspecified atom stereocenters. The van der Waals surface area contributed by atoms with Crippen molar-refractivity contribution >= 4 is 23.2 Å². The van der Waals surface area contributed by atoms with E-state index in [4.69, 9.17) is 4.74 Å². The van der Waals surface area contributed by atoms with Gasteiger partial charge in [-0.3, -0.25) is 9.59 Å². The van der Waals surface area contributed by atoms with E-state index in [1.54, 1.807) is 18.2 Å². The molecule has 1 aliphatic heterocycles. The van der Waals surface area contributed by atoms with Crippen LogP contribution in [0.1, 0.15) is 54.4 Å². The van der Waals surface area contributed by atoms with Gasteiger partial charge < -0.3 is 15.4 Å². The number of carbonyl (C=O) groups excluding carboxylic acids is 2. The molecule has 1 aliphatic carbocycles. The maximum absolute atomic E-state index is 12.6. The van der Waals surface area contributed by atoms with Crippen LogP contribution in [0.15, 0.2) is 36.4 Å². The highest BCUT2D eigenvalue weighted by Crippen LogP contribution is 2.37. The number of amides is 2. The summed E-state index contributed by atoms with van der Waals surface area (Å²) in [5, 5.41) is 5.83. The summed E-state index contributed by atoms with van der Waals surface area (Å²) in [5.41, 5.74) is 2.73. The van der Waals surface area contributed by atoms with Gasteiger partial charge in [0.15, 0.2) is 5.75 Å². The molecule has 5 nitrogen and oxygen atoms in total. The van der Waals surface area contributed by atoms with Crippen LogP contribution in [0, 0.1) is 12.8 Å². The fourth-order valence-electron chi connectivity index (χ4n) is 3.88. The molecule has 0 bridgehead atoms. The lowest BCUT2D eigenvalue weighted by atomic mass is 9.87. The average Bonchev–Trinajstić information content (AvgIpc) is 2.78. The minimum atomic E-state index is -0.238. The first-order valence-corrected chi connectivity index (χ1v) is 9.62. The molecule has 1 heterocycles. The van der Waals surface area contributed by atoms with Crippen LogP contribution in [0.3, 0.4) is 0 Å². The van der Waals surface area contributed by atoms with Crippen molar-refractivity contribution in [3.8, 4) is 11.5 Å². The Kier molecular flexibility index (Phi) is 4.84. The first-order valence-electron chi connectivity index (χ1n) is 9.62. The summed E-state index contributed by atoms with van der Waals surface area (Å²) in [4.78, 5) is 25.0. The SMILES string of the molecule is Cc1ccc2c(c1)NC(=O)c1cc(NC(=O)CC3CCCCC3)ccc1O2. The maximum atomic E-state index is 12.6. The van der Waals surface area contributed by atoms with Crippen molar-refractivity contribution in [2.75, 3.05) is 10.6 Å². The first-order chi connectivity index (χ1) is 13.1. The van der Waals surface area contributed by atoms with Gasteiger partial charge in [-0.2, -0.15) is 0 Å². The van der Waals surface area contributed by atoms with E-state index in [0.29, 0.717) is 40.8 Å². The predicted molar refractivity (Wildman–Crippen MR) is 105 cm³/mol. The summed E-state index contributed by atoms with van der Waals surface area (Å²) >= 11 is 0. The number of fused-ring (bicyclic) bond motifs is 2. The van der Waals surface area contributed by atoms with Gasteiger partial charge in [0.05, 0.1) is 11.3 Å². The number of ether oxygens (including phenoxy) is 1. The van der Waals surface area contributed by atoms with Gasteiger partial charge in [-0.05, 0) is 61.6 Å². The number of rotatable bonds is 3. The second-order valence-electron chi connectivity index (χ2n) is 7.52. The van der Waals surface area contributed by atoms with Crippen LogP contribution in [0.2, 0.25) is 0 Å². The van der Waals surface area contributed by atoms with E-state index >= 15 is 0 Å². The third-order valence-corrected chi connectivity index (χ3v) is 5.31. The van der Waals surface area contributed by atoms with Gasteiger partial charge in [0.25, 0.3) is 5.91 Å². The number of hydrogen-bond donors (Lipinski definition) is 2. The van der Waals surface area contributed by atoms with Crippen molar-refractivity contribution < 1.29 is 14.3 Å². The lowest BCUT2D eigenvalue weighted by Gasteiger charge is -2.20. The monoisotopic (exact) mass is 364 g/mol. The van der Waals surface area contributed by atoms with Crippen LogP contribution in [-0.4, -0.2) is 11.8 Å². The van der Waals surface area contributed by atoms with Crippen LogP contribution in [0.4, 0.5) is 11.4 Å². The van der Waals surface area contributed by atoms with Gasteiger partial charge >= 0.3 is 0 Å². The fraction of sp³-hybridized carbons (Fsp3) is 0.364. The highest BCUT2D eigenvalue weighted by Gasteiger charge is 2.22. The molecule has 27 heavy (non-hydrogen) atoms. The molecular weight excluding hydrogens is 340 g/mol. The van der Waals surface area contributed by atoms with Crippen molar-refractivity contribution in [3.63, 3.8) is 0 Å². The van der Waals surface area contributed by atoms with Gasteiger partial charge in [0.2, 0.25) is 5.91 Å². The molecule has 2 N–H and O–H groups in total. The highest BCUT2D eigenvalue weighted by atomic mass is 16.5. The Hall–Kier alpha value is -2.82. The third kappa shape index (κ3) is 3.97. The second kappa shape index (κ2) is 7.43. The number of carbonyl (C=O) groups is 2. The number of aryl methyl sites for hydroxylation is 1. The standard InChI is InChI=1S/C22H24N2O3/c1-14-7-9-20-18(11-14)24-22(26)17-13-16(8-10-19(17)27-20)23-21(25)12-15-5-3-2-4-6-15/h7-11,13,15H,2-6,12H2,1H3,(H,23,25)(H,24,26). The molecule has 4 rings (SSSR count). The van der Waals surface area contributed by atoms with E-state index in [2.05, 4.69) is 10.6 Å². The summed E-state index contributed by atoms with van der Waals surface area (Å²) in [6.07, 6.45) is 6.52. The predicted octanol–water partition coefficient (Wildman–Crippen LogP) is 5.26. The average molecular weight is 364 g/mol. The van der Waals surface area contributed by atoms with Gasteiger partial charge in [-0.1, -0.05) is 25.3 Å². The molecule has 2 aliphatic rings.